The summed E-state index contributed by atoms with van der Waals surface area (Å²) in [5.41, 5.74) is 1.30. The predicted molar refractivity (Wildman–Crippen MR) is 99.4 cm³/mol. The highest BCUT2D eigenvalue weighted by Gasteiger charge is 2.61. The van der Waals surface area contributed by atoms with Gasteiger partial charge in [-0.05, 0) is 44.9 Å². The number of hydrogen-bond donors (Lipinski definition) is 1. The van der Waals surface area contributed by atoms with Crippen LogP contribution in [0.3, 0.4) is 0 Å². The van der Waals surface area contributed by atoms with Gasteiger partial charge in [0, 0.05) is 25.1 Å². The molecule has 2 aliphatic rings. The second kappa shape index (κ2) is 6.89. The normalized spacial score (nSPS) is 24.9. The van der Waals surface area contributed by atoms with Crippen LogP contribution in [0.15, 0.2) is 22.2 Å². The fourth-order valence-corrected chi connectivity index (χ4v) is 4.03. The van der Waals surface area contributed by atoms with Crippen molar-refractivity contribution in [2.75, 3.05) is 18.4 Å². The molecule has 1 aromatic rings. The number of allylic oxidation sites excluding steroid dienone is 2. The Bertz CT molecular complexity index is 722. The van der Waals surface area contributed by atoms with Crippen LogP contribution in [0.1, 0.15) is 46.3 Å². The van der Waals surface area contributed by atoms with Crippen molar-refractivity contribution in [3.63, 3.8) is 0 Å². The first-order valence-electron chi connectivity index (χ1n) is 9.38. The van der Waals surface area contributed by atoms with Crippen LogP contribution in [-0.4, -0.2) is 35.0 Å². The van der Waals surface area contributed by atoms with Gasteiger partial charge in [-0.15, -0.1) is 0 Å². The minimum absolute atomic E-state index is 0.0351. The molecule has 1 aliphatic heterocycles. The zero-order valence-corrected chi connectivity index (χ0v) is 16.3. The summed E-state index contributed by atoms with van der Waals surface area (Å²) in [5.74, 6) is 1.63. The van der Waals surface area contributed by atoms with E-state index in [1.807, 2.05) is 4.90 Å². The molecule has 0 bridgehead atoms. The molecule has 6 nitrogen and oxygen atoms in total. The van der Waals surface area contributed by atoms with E-state index in [9.17, 15) is 9.59 Å². The molecule has 0 aromatic carbocycles. The number of piperidine rings is 1. The average molecular weight is 359 g/mol. The van der Waals surface area contributed by atoms with Gasteiger partial charge in [0.05, 0.1) is 5.92 Å². The Kier molecular flexibility index (Phi) is 4.95. The fourth-order valence-electron chi connectivity index (χ4n) is 4.03. The van der Waals surface area contributed by atoms with Crippen LogP contribution in [-0.2, 0) is 9.59 Å². The summed E-state index contributed by atoms with van der Waals surface area (Å²) in [4.78, 5) is 27.2. The molecule has 2 unspecified atom stereocenters. The van der Waals surface area contributed by atoms with E-state index in [0.29, 0.717) is 43.4 Å². The summed E-state index contributed by atoms with van der Waals surface area (Å²) >= 11 is 0. The maximum absolute atomic E-state index is 12.9. The molecular weight excluding hydrogens is 330 g/mol. The van der Waals surface area contributed by atoms with E-state index in [1.165, 1.54) is 5.57 Å². The standard InChI is InChI=1S/C20H29N3O3/c1-12(2)10-15-17(20(15,4)5)19(25)23-8-6-14(7-9-23)18(24)21-16-11-13(3)26-22-16/h10-11,14-15,17H,6-9H2,1-5H3,(H,21,22,24). The molecule has 2 heterocycles. The summed E-state index contributed by atoms with van der Waals surface area (Å²) in [7, 11) is 0. The van der Waals surface area contributed by atoms with Crippen LogP contribution < -0.4 is 5.32 Å². The lowest BCUT2D eigenvalue weighted by Crippen LogP contribution is -2.42. The first kappa shape index (κ1) is 18.7. The van der Waals surface area contributed by atoms with Crippen LogP contribution in [0.4, 0.5) is 5.82 Å². The Morgan fingerprint density at radius 3 is 2.50 bits per heavy atom. The summed E-state index contributed by atoms with van der Waals surface area (Å²) in [6, 6.07) is 1.70. The molecule has 2 atom stereocenters. The third-order valence-corrected chi connectivity index (χ3v) is 5.75. The second-order valence-corrected chi connectivity index (χ2v) is 8.48. The Hall–Kier alpha value is -2.11. The summed E-state index contributed by atoms with van der Waals surface area (Å²) in [5, 5.41) is 6.59. The lowest BCUT2D eigenvalue weighted by Gasteiger charge is -2.31. The number of aryl methyl sites for hydroxylation is 1. The molecular formula is C20H29N3O3. The molecule has 1 N–H and O–H groups in total. The van der Waals surface area contributed by atoms with Crippen molar-refractivity contribution in [1.29, 1.82) is 0 Å². The van der Waals surface area contributed by atoms with E-state index in [-0.39, 0.29) is 29.1 Å². The molecule has 1 saturated carbocycles. The van der Waals surface area contributed by atoms with Crippen molar-refractivity contribution in [1.82, 2.24) is 10.1 Å². The Balaban J connectivity index is 1.53. The van der Waals surface area contributed by atoms with Gasteiger partial charge in [0.1, 0.15) is 5.76 Å². The third kappa shape index (κ3) is 3.69. The quantitative estimate of drug-likeness (QED) is 0.836. The monoisotopic (exact) mass is 359 g/mol. The number of amides is 2. The van der Waals surface area contributed by atoms with Crippen molar-refractivity contribution in [3.8, 4) is 0 Å². The molecule has 2 amide bonds. The number of aromatic nitrogens is 1. The fraction of sp³-hybridized carbons (Fsp3) is 0.650. The zero-order chi connectivity index (χ0) is 19.1. The van der Waals surface area contributed by atoms with Crippen molar-refractivity contribution >= 4 is 17.6 Å². The van der Waals surface area contributed by atoms with Crippen molar-refractivity contribution in [2.24, 2.45) is 23.2 Å². The van der Waals surface area contributed by atoms with E-state index < -0.39 is 0 Å². The topological polar surface area (TPSA) is 75.4 Å². The number of carbonyl (C=O) groups is 2. The van der Waals surface area contributed by atoms with Crippen molar-refractivity contribution in [3.05, 3.63) is 23.5 Å². The van der Waals surface area contributed by atoms with Gasteiger partial charge in [0.25, 0.3) is 0 Å². The average Bonchev–Trinajstić information content (AvgIpc) is 2.89. The highest BCUT2D eigenvalue weighted by atomic mass is 16.5. The number of nitrogens with zero attached hydrogens (tertiary/aromatic N) is 2. The van der Waals surface area contributed by atoms with Gasteiger partial charge in [0.2, 0.25) is 11.8 Å². The molecule has 1 aliphatic carbocycles. The van der Waals surface area contributed by atoms with Crippen LogP contribution >= 0.6 is 0 Å². The highest BCUT2D eigenvalue weighted by molar-refractivity contribution is 5.92. The van der Waals surface area contributed by atoms with Gasteiger partial charge in [0.15, 0.2) is 5.82 Å². The third-order valence-electron chi connectivity index (χ3n) is 5.75. The van der Waals surface area contributed by atoms with Crippen LogP contribution in [0, 0.1) is 30.1 Å². The minimum atomic E-state index is -0.0863. The van der Waals surface area contributed by atoms with E-state index in [2.05, 4.69) is 44.2 Å². The molecule has 26 heavy (non-hydrogen) atoms. The zero-order valence-electron chi connectivity index (χ0n) is 16.3. The van der Waals surface area contributed by atoms with Crippen molar-refractivity contribution < 1.29 is 14.1 Å². The van der Waals surface area contributed by atoms with Crippen LogP contribution in [0.2, 0.25) is 0 Å². The number of rotatable bonds is 4. The first-order chi connectivity index (χ1) is 12.2. The molecule has 6 heteroatoms. The predicted octanol–water partition coefficient (Wildman–Crippen LogP) is 3.40. The van der Waals surface area contributed by atoms with E-state index in [4.69, 9.17) is 4.52 Å². The van der Waals surface area contributed by atoms with Gasteiger partial charge >= 0.3 is 0 Å². The van der Waals surface area contributed by atoms with E-state index in [1.54, 1.807) is 13.0 Å². The molecule has 1 aromatic heterocycles. The van der Waals surface area contributed by atoms with Gasteiger partial charge in [-0.3, -0.25) is 9.59 Å². The second-order valence-electron chi connectivity index (χ2n) is 8.48. The molecule has 3 rings (SSSR count). The lowest BCUT2D eigenvalue weighted by molar-refractivity contribution is -0.136. The Labute approximate surface area is 155 Å². The van der Waals surface area contributed by atoms with Gasteiger partial charge in [-0.2, -0.15) is 0 Å². The molecule has 142 valence electrons. The lowest BCUT2D eigenvalue weighted by atomic mass is 9.95. The number of likely N-dealkylation sites (tertiary alicyclic amines) is 1. The van der Waals surface area contributed by atoms with Gasteiger partial charge < -0.3 is 14.7 Å². The number of hydrogen-bond acceptors (Lipinski definition) is 4. The highest BCUT2D eigenvalue weighted by Crippen LogP contribution is 2.60. The van der Waals surface area contributed by atoms with E-state index in [0.717, 1.165) is 0 Å². The Morgan fingerprint density at radius 1 is 1.31 bits per heavy atom. The smallest absolute Gasteiger partial charge is 0.228 e. The summed E-state index contributed by atoms with van der Waals surface area (Å²) in [6.45, 7) is 11.6. The first-order valence-corrected chi connectivity index (χ1v) is 9.38. The number of anilines is 1. The largest absolute Gasteiger partial charge is 0.360 e. The number of carbonyl (C=O) groups excluding carboxylic acids is 2. The maximum atomic E-state index is 12.9. The molecule has 0 spiro atoms. The summed E-state index contributed by atoms with van der Waals surface area (Å²) < 4.78 is 4.97. The minimum Gasteiger partial charge on any atom is -0.360 e. The van der Waals surface area contributed by atoms with Crippen LogP contribution in [0.5, 0.6) is 0 Å². The number of nitrogens with one attached hydrogen (secondary N) is 1. The Morgan fingerprint density at radius 2 is 1.96 bits per heavy atom. The van der Waals surface area contributed by atoms with Gasteiger partial charge in [-0.1, -0.05) is 30.7 Å². The maximum Gasteiger partial charge on any atom is 0.228 e. The SMILES string of the molecule is CC(C)=CC1C(C(=O)N2CCC(C(=O)Nc3cc(C)on3)CC2)C1(C)C. The molecule has 0 radical (unpaired) electrons. The van der Waals surface area contributed by atoms with Crippen LogP contribution in [0.25, 0.3) is 0 Å². The van der Waals surface area contributed by atoms with E-state index >= 15 is 0 Å². The molecule has 2 fully saturated rings. The van der Waals surface area contributed by atoms with Gasteiger partial charge in [-0.25, -0.2) is 0 Å². The summed E-state index contributed by atoms with van der Waals surface area (Å²) in [6.07, 6.45) is 3.60. The van der Waals surface area contributed by atoms with Crippen molar-refractivity contribution in [2.45, 2.75) is 47.5 Å². The molecule has 1 saturated heterocycles.